The molecule has 0 amide bonds. The zero-order chi connectivity index (χ0) is 15.1. The number of anilines is 1. The quantitative estimate of drug-likeness (QED) is 0.779. The van der Waals surface area contributed by atoms with Crippen molar-refractivity contribution in [2.45, 2.75) is 25.4 Å². The Hall–Kier alpha value is -2.47. The van der Waals surface area contributed by atoms with Crippen molar-refractivity contribution in [2.75, 3.05) is 11.4 Å². The van der Waals surface area contributed by atoms with Crippen molar-refractivity contribution < 1.29 is 0 Å². The molecule has 2 atom stereocenters. The number of rotatable bonds is 2. The first-order valence-corrected chi connectivity index (χ1v) is 7.46. The number of imidazole rings is 1. The van der Waals surface area contributed by atoms with Crippen LogP contribution in [0, 0.1) is 6.92 Å². The summed E-state index contributed by atoms with van der Waals surface area (Å²) < 4.78 is 1.87. The molecule has 6 heteroatoms. The van der Waals surface area contributed by atoms with Crippen LogP contribution in [-0.4, -0.2) is 32.2 Å². The summed E-state index contributed by atoms with van der Waals surface area (Å²) >= 11 is 0. The second-order valence-electron chi connectivity index (χ2n) is 5.81. The molecule has 1 aliphatic heterocycles. The standard InChI is InChI=1S/C16H18N6/c1-11-8-19-15-4-5-16(20-22(11)15)21-10-13(17)7-14(21)12-3-2-6-18-9-12/h2-6,8-9,13-14H,7,10,17H2,1H3/t13?,14-/m1/s1. The highest BCUT2D eigenvalue weighted by atomic mass is 15.3. The number of aryl methyl sites for hydroxylation is 1. The number of hydrogen-bond acceptors (Lipinski definition) is 5. The average Bonchev–Trinajstić information content (AvgIpc) is 3.11. The predicted octanol–water partition coefficient (Wildman–Crippen LogP) is 1.71. The van der Waals surface area contributed by atoms with Crippen LogP contribution < -0.4 is 10.6 Å². The van der Waals surface area contributed by atoms with Gasteiger partial charge in [0.25, 0.3) is 0 Å². The maximum Gasteiger partial charge on any atom is 0.153 e. The van der Waals surface area contributed by atoms with E-state index >= 15 is 0 Å². The lowest BCUT2D eigenvalue weighted by Gasteiger charge is -2.25. The van der Waals surface area contributed by atoms with Crippen molar-refractivity contribution in [3.63, 3.8) is 0 Å². The van der Waals surface area contributed by atoms with Crippen LogP contribution in [0.3, 0.4) is 0 Å². The molecular weight excluding hydrogens is 276 g/mol. The topological polar surface area (TPSA) is 72.3 Å². The molecule has 1 fully saturated rings. The second-order valence-corrected chi connectivity index (χ2v) is 5.81. The molecule has 3 aromatic heterocycles. The van der Waals surface area contributed by atoms with E-state index in [1.54, 1.807) is 6.20 Å². The lowest BCUT2D eigenvalue weighted by atomic mass is 10.1. The lowest BCUT2D eigenvalue weighted by molar-refractivity contribution is 0.671. The van der Waals surface area contributed by atoms with Gasteiger partial charge in [-0.1, -0.05) is 6.07 Å². The molecule has 6 nitrogen and oxygen atoms in total. The van der Waals surface area contributed by atoms with Gasteiger partial charge in [0.15, 0.2) is 5.65 Å². The highest BCUT2D eigenvalue weighted by molar-refractivity contribution is 5.49. The molecule has 0 spiro atoms. The van der Waals surface area contributed by atoms with E-state index in [1.807, 2.05) is 42.0 Å². The van der Waals surface area contributed by atoms with Crippen molar-refractivity contribution in [1.29, 1.82) is 0 Å². The molecule has 3 aromatic rings. The van der Waals surface area contributed by atoms with Gasteiger partial charge in [0.05, 0.1) is 17.9 Å². The van der Waals surface area contributed by atoms with Crippen LogP contribution in [0.2, 0.25) is 0 Å². The Kier molecular flexibility index (Phi) is 3.04. The van der Waals surface area contributed by atoms with Gasteiger partial charge in [0, 0.05) is 25.0 Å². The highest BCUT2D eigenvalue weighted by Crippen LogP contribution is 2.34. The number of fused-ring (bicyclic) bond motifs is 1. The smallest absolute Gasteiger partial charge is 0.153 e. The fourth-order valence-electron chi connectivity index (χ4n) is 3.14. The van der Waals surface area contributed by atoms with Gasteiger partial charge in [-0.2, -0.15) is 0 Å². The Bertz CT molecular complexity index is 797. The number of nitrogens with zero attached hydrogens (tertiary/aromatic N) is 5. The minimum absolute atomic E-state index is 0.145. The first-order chi connectivity index (χ1) is 10.7. The summed E-state index contributed by atoms with van der Waals surface area (Å²) in [7, 11) is 0. The molecule has 22 heavy (non-hydrogen) atoms. The maximum atomic E-state index is 6.20. The normalized spacial score (nSPS) is 21.6. The van der Waals surface area contributed by atoms with Gasteiger partial charge in [-0.3, -0.25) is 4.98 Å². The molecular formula is C16H18N6. The molecule has 112 valence electrons. The molecule has 0 aliphatic carbocycles. The third kappa shape index (κ3) is 2.12. The van der Waals surface area contributed by atoms with Crippen LogP contribution in [0.5, 0.6) is 0 Å². The van der Waals surface area contributed by atoms with E-state index in [0.717, 1.165) is 30.1 Å². The molecule has 1 unspecified atom stereocenters. The first kappa shape index (κ1) is 13.2. The SMILES string of the molecule is Cc1cnc2ccc(N3CC(N)C[C@@H]3c3cccnc3)nn12. The summed E-state index contributed by atoms with van der Waals surface area (Å²) in [5.41, 5.74) is 9.27. The minimum atomic E-state index is 0.145. The summed E-state index contributed by atoms with van der Waals surface area (Å²) in [6.45, 7) is 2.80. The molecule has 0 radical (unpaired) electrons. The van der Waals surface area contributed by atoms with Gasteiger partial charge in [-0.05, 0) is 37.1 Å². The fourth-order valence-corrected chi connectivity index (χ4v) is 3.14. The molecule has 4 heterocycles. The first-order valence-electron chi connectivity index (χ1n) is 7.46. The predicted molar refractivity (Wildman–Crippen MR) is 84.6 cm³/mol. The number of aromatic nitrogens is 4. The van der Waals surface area contributed by atoms with E-state index < -0.39 is 0 Å². The Morgan fingerprint density at radius 1 is 1.23 bits per heavy atom. The number of nitrogens with two attached hydrogens (primary N) is 1. The fraction of sp³-hybridized carbons (Fsp3) is 0.312. The maximum absolute atomic E-state index is 6.20. The molecule has 0 bridgehead atoms. The van der Waals surface area contributed by atoms with Crippen molar-refractivity contribution >= 4 is 11.5 Å². The van der Waals surface area contributed by atoms with Crippen LogP contribution >= 0.6 is 0 Å². The van der Waals surface area contributed by atoms with E-state index in [0.29, 0.717) is 0 Å². The third-order valence-electron chi connectivity index (χ3n) is 4.22. The van der Waals surface area contributed by atoms with Gasteiger partial charge in [-0.15, -0.1) is 5.10 Å². The largest absolute Gasteiger partial charge is 0.346 e. The van der Waals surface area contributed by atoms with Crippen LogP contribution in [-0.2, 0) is 0 Å². The summed E-state index contributed by atoms with van der Waals surface area (Å²) in [5, 5.41) is 4.73. The van der Waals surface area contributed by atoms with E-state index in [9.17, 15) is 0 Å². The molecule has 0 aromatic carbocycles. The molecule has 4 rings (SSSR count). The van der Waals surface area contributed by atoms with Crippen molar-refractivity contribution in [3.8, 4) is 0 Å². The van der Waals surface area contributed by atoms with Crippen LogP contribution in [0.4, 0.5) is 5.82 Å². The van der Waals surface area contributed by atoms with Crippen molar-refractivity contribution in [2.24, 2.45) is 5.73 Å². The molecule has 1 saturated heterocycles. The van der Waals surface area contributed by atoms with E-state index in [-0.39, 0.29) is 12.1 Å². The van der Waals surface area contributed by atoms with Gasteiger partial charge < -0.3 is 10.6 Å². The number of pyridine rings is 1. The Labute approximate surface area is 128 Å². The van der Waals surface area contributed by atoms with Crippen molar-refractivity contribution in [3.05, 3.63) is 54.1 Å². The molecule has 0 saturated carbocycles. The molecule has 2 N–H and O–H groups in total. The monoisotopic (exact) mass is 294 g/mol. The zero-order valence-corrected chi connectivity index (χ0v) is 12.4. The van der Waals surface area contributed by atoms with Gasteiger partial charge >= 0.3 is 0 Å². The summed E-state index contributed by atoms with van der Waals surface area (Å²) in [5.74, 6) is 0.926. The zero-order valence-electron chi connectivity index (χ0n) is 12.4. The third-order valence-corrected chi connectivity index (χ3v) is 4.22. The molecule has 1 aliphatic rings. The van der Waals surface area contributed by atoms with Crippen molar-refractivity contribution in [1.82, 2.24) is 19.6 Å². The second kappa shape index (κ2) is 5.06. The van der Waals surface area contributed by atoms with Crippen LogP contribution in [0.25, 0.3) is 5.65 Å². The summed E-state index contributed by atoms with van der Waals surface area (Å²) in [6.07, 6.45) is 6.45. The Balaban J connectivity index is 1.76. The van der Waals surface area contributed by atoms with Crippen LogP contribution in [0.1, 0.15) is 23.7 Å². The Morgan fingerprint density at radius 2 is 2.14 bits per heavy atom. The van der Waals surface area contributed by atoms with E-state index in [4.69, 9.17) is 10.8 Å². The minimum Gasteiger partial charge on any atom is -0.346 e. The highest BCUT2D eigenvalue weighted by Gasteiger charge is 2.32. The summed E-state index contributed by atoms with van der Waals surface area (Å²) in [4.78, 5) is 10.8. The Morgan fingerprint density at radius 3 is 2.95 bits per heavy atom. The van der Waals surface area contributed by atoms with E-state index in [2.05, 4.69) is 20.9 Å². The van der Waals surface area contributed by atoms with Gasteiger partial charge in [0.1, 0.15) is 5.82 Å². The van der Waals surface area contributed by atoms with E-state index in [1.165, 1.54) is 5.56 Å². The number of hydrogen-bond donors (Lipinski definition) is 1. The summed E-state index contributed by atoms with van der Waals surface area (Å²) in [6, 6.07) is 8.45. The van der Waals surface area contributed by atoms with Gasteiger partial charge in [0.2, 0.25) is 0 Å². The van der Waals surface area contributed by atoms with Crippen LogP contribution in [0.15, 0.2) is 42.9 Å². The average molecular weight is 294 g/mol. The van der Waals surface area contributed by atoms with Gasteiger partial charge in [-0.25, -0.2) is 9.50 Å². The lowest BCUT2D eigenvalue weighted by Crippen LogP contribution is -2.28.